The van der Waals surface area contributed by atoms with Crippen LogP contribution in [-0.2, 0) is 19.1 Å². The van der Waals surface area contributed by atoms with E-state index < -0.39 is 0 Å². The maximum Gasteiger partial charge on any atom is 0.220 e. The number of nitrogens with one attached hydrogen (secondary N) is 1. The molecule has 0 rings (SSSR count). The first-order valence-electron chi connectivity index (χ1n) is 4.99. The molecule has 88 valence electrons. The van der Waals surface area contributed by atoms with E-state index in [9.17, 15) is 9.59 Å². The topological polar surface area (TPSA) is 64.6 Å². The van der Waals surface area contributed by atoms with E-state index >= 15 is 0 Å². The van der Waals surface area contributed by atoms with Crippen LogP contribution in [0.3, 0.4) is 0 Å². The van der Waals surface area contributed by atoms with Gasteiger partial charge in [-0.3, -0.25) is 4.79 Å². The fourth-order valence-corrected chi connectivity index (χ4v) is 0.885. The Bertz CT molecular complexity index is 194. The Morgan fingerprint density at radius 3 is 2.47 bits per heavy atom. The predicted molar refractivity (Wildman–Crippen MR) is 55.6 cm³/mol. The normalized spacial score (nSPS) is 10.0. The molecule has 0 unspecified atom stereocenters. The average Bonchev–Trinajstić information content (AvgIpc) is 2.20. The van der Waals surface area contributed by atoms with Crippen LogP contribution >= 0.6 is 0 Å². The van der Waals surface area contributed by atoms with E-state index in [4.69, 9.17) is 9.47 Å². The molecule has 0 heterocycles. The fraction of sp³-hybridized carbons (Fsp3) is 0.800. The number of ether oxygens (including phenoxy) is 2. The Morgan fingerprint density at radius 2 is 1.87 bits per heavy atom. The minimum absolute atomic E-state index is 0.0292. The van der Waals surface area contributed by atoms with Gasteiger partial charge in [0.1, 0.15) is 5.78 Å². The molecule has 5 heteroatoms. The zero-order valence-electron chi connectivity index (χ0n) is 9.38. The van der Waals surface area contributed by atoms with E-state index in [1.807, 2.05) is 0 Å². The first-order valence-corrected chi connectivity index (χ1v) is 4.99. The summed E-state index contributed by atoms with van der Waals surface area (Å²) >= 11 is 0. The molecule has 0 radical (unpaired) electrons. The first kappa shape index (κ1) is 14.1. The lowest BCUT2D eigenvalue weighted by molar-refractivity contribution is -0.124. The molecule has 15 heavy (non-hydrogen) atoms. The molecule has 0 fully saturated rings. The van der Waals surface area contributed by atoms with Gasteiger partial charge in [0.05, 0.1) is 19.8 Å². The summed E-state index contributed by atoms with van der Waals surface area (Å²) in [6.45, 7) is 3.49. The van der Waals surface area contributed by atoms with Gasteiger partial charge in [-0.15, -0.1) is 0 Å². The third kappa shape index (κ3) is 11.0. The Kier molecular flexibility index (Phi) is 9.01. The first-order chi connectivity index (χ1) is 7.16. The molecule has 0 bridgehead atoms. The second kappa shape index (κ2) is 9.61. The second-order valence-corrected chi connectivity index (χ2v) is 3.16. The van der Waals surface area contributed by atoms with Gasteiger partial charge in [0.15, 0.2) is 0 Å². The molecule has 5 nitrogen and oxygen atoms in total. The van der Waals surface area contributed by atoms with Gasteiger partial charge in [-0.1, -0.05) is 0 Å². The summed E-state index contributed by atoms with van der Waals surface area (Å²) in [6, 6.07) is 0. The molecule has 0 saturated carbocycles. The molecule has 0 aliphatic carbocycles. The molecule has 0 aliphatic rings. The minimum atomic E-state index is -0.111. The number of hydrogen-bond donors (Lipinski definition) is 1. The van der Waals surface area contributed by atoms with Crippen LogP contribution in [-0.4, -0.2) is 45.2 Å². The maximum atomic E-state index is 11.1. The van der Waals surface area contributed by atoms with E-state index in [1.54, 1.807) is 7.11 Å². The standard InChI is InChI=1S/C10H19NO4/c1-9(12)3-4-10(13)11-5-6-15-8-7-14-2/h3-8H2,1-2H3,(H,11,13). The third-order valence-corrected chi connectivity index (χ3v) is 1.70. The Labute approximate surface area is 90.1 Å². The van der Waals surface area contributed by atoms with Crippen molar-refractivity contribution >= 4 is 11.7 Å². The number of rotatable bonds is 9. The molecule has 0 aromatic carbocycles. The van der Waals surface area contributed by atoms with E-state index in [1.165, 1.54) is 6.92 Å². The van der Waals surface area contributed by atoms with Gasteiger partial charge in [-0.05, 0) is 6.92 Å². The Morgan fingerprint density at radius 1 is 1.13 bits per heavy atom. The zero-order valence-corrected chi connectivity index (χ0v) is 9.38. The zero-order chi connectivity index (χ0) is 11.5. The monoisotopic (exact) mass is 217 g/mol. The van der Waals surface area contributed by atoms with E-state index in [2.05, 4.69) is 5.32 Å². The van der Waals surface area contributed by atoms with Crippen LogP contribution < -0.4 is 5.32 Å². The van der Waals surface area contributed by atoms with Crippen LogP contribution in [0, 0.1) is 0 Å². The summed E-state index contributed by atoms with van der Waals surface area (Å²) in [6.07, 6.45) is 0.559. The number of ketones is 1. The SMILES string of the molecule is COCCOCCNC(=O)CCC(C)=O. The number of Topliss-reactive ketones (excluding diaryl/α,β-unsaturated/α-hetero) is 1. The van der Waals surface area contributed by atoms with Crippen LogP contribution in [0.2, 0.25) is 0 Å². The average molecular weight is 217 g/mol. The summed E-state index contributed by atoms with van der Waals surface area (Å²) in [5.74, 6) is -0.0814. The Hall–Kier alpha value is -0.940. The molecule has 0 atom stereocenters. The van der Waals surface area contributed by atoms with Crippen LogP contribution in [0.15, 0.2) is 0 Å². The van der Waals surface area contributed by atoms with Gasteiger partial charge in [0.25, 0.3) is 0 Å². The third-order valence-electron chi connectivity index (χ3n) is 1.70. The molecule has 1 amide bonds. The highest BCUT2D eigenvalue weighted by molar-refractivity contribution is 5.83. The van der Waals surface area contributed by atoms with Gasteiger partial charge in [0.2, 0.25) is 5.91 Å². The summed E-state index contributed by atoms with van der Waals surface area (Å²) in [5.41, 5.74) is 0. The van der Waals surface area contributed by atoms with Gasteiger partial charge < -0.3 is 19.6 Å². The van der Waals surface area contributed by atoms with Crippen molar-refractivity contribution in [2.75, 3.05) is 33.5 Å². The van der Waals surface area contributed by atoms with Crippen molar-refractivity contribution in [2.24, 2.45) is 0 Å². The lowest BCUT2D eigenvalue weighted by Gasteiger charge is -2.05. The van der Waals surface area contributed by atoms with Crippen molar-refractivity contribution in [3.05, 3.63) is 0 Å². The smallest absolute Gasteiger partial charge is 0.220 e. The molecule has 0 aromatic heterocycles. The molecule has 0 aromatic rings. The largest absolute Gasteiger partial charge is 0.382 e. The van der Waals surface area contributed by atoms with Crippen molar-refractivity contribution in [1.29, 1.82) is 0 Å². The minimum Gasteiger partial charge on any atom is -0.382 e. The van der Waals surface area contributed by atoms with Gasteiger partial charge in [-0.25, -0.2) is 0 Å². The second-order valence-electron chi connectivity index (χ2n) is 3.16. The van der Waals surface area contributed by atoms with Crippen molar-refractivity contribution in [2.45, 2.75) is 19.8 Å². The Balaban J connectivity index is 3.20. The van der Waals surface area contributed by atoms with Crippen LogP contribution in [0.25, 0.3) is 0 Å². The van der Waals surface area contributed by atoms with Crippen LogP contribution in [0.4, 0.5) is 0 Å². The van der Waals surface area contributed by atoms with Crippen molar-refractivity contribution < 1.29 is 19.1 Å². The lowest BCUT2D eigenvalue weighted by Crippen LogP contribution is -2.27. The van der Waals surface area contributed by atoms with Gasteiger partial charge in [-0.2, -0.15) is 0 Å². The van der Waals surface area contributed by atoms with E-state index in [0.29, 0.717) is 32.8 Å². The quantitative estimate of drug-likeness (QED) is 0.558. The van der Waals surface area contributed by atoms with Gasteiger partial charge in [0, 0.05) is 26.5 Å². The molecule has 1 N–H and O–H groups in total. The molecule has 0 spiro atoms. The highest BCUT2D eigenvalue weighted by atomic mass is 16.5. The number of carbonyl (C=O) groups is 2. The fourth-order valence-electron chi connectivity index (χ4n) is 0.885. The van der Waals surface area contributed by atoms with Crippen molar-refractivity contribution in [1.82, 2.24) is 5.32 Å². The van der Waals surface area contributed by atoms with Crippen LogP contribution in [0.5, 0.6) is 0 Å². The number of amides is 1. The molecule has 0 saturated heterocycles. The number of carbonyl (C=O) groups excluding carboxylic acids is 2. The summed E-state index contributed by atoms with van der Waals surface area (Å²) < 4.78 is 9.93. The molecular weight excluding hydrogens is 198 g/mol. The molecule has 0 aliphatic heterocycles. The van der Waals surface area contributed by atoms with E-state index in [-0.39, 0.29) is 18.1 Å². The van der Waals surface area contributed by atoms with E-state index in [0.717, 1.165) is 0 Å². The van der Waals surface area contributed by atoms with Crippen LogP contribution in [0.1, 0.15) is 19.8 Å². The van der Waals surface area contributed by atoms with Crippen molar-refractivity contribution in [3.63, 3.8) is 0 Å². The number of hydrogen-bond acceptors (Lipinski definition) is 4. The van der Waals surface area contributed by atoms with Gasteiger partial charge >= 0.3 is 0 Å². The lowest BCUT2D eigenvalue weighted by atomic mass is 10.2. The summed E-state index contributed by atoms with van der Waals surface area (Å²) in [4.78, 5) is 21.7. The highest BCUT2D eigenvalue weighted by Crippen LogP contribution is 1.89. The summed E-state index contributed by atoms with van der Waals surface area (Å²) in [5, 5.41) is 2.66. The highest BCUT2D eigenvalue weighted by Gasteiger charge is 2.02. The number of methoxy groups -OCH3 is 1. The summed E-state index contributed by atoms with van der Waals surface area (Å²) in [7, 11) is 1.60. The van der Waals surface area contributed by atoms with Crippen molar-refractivity contribution in [3.8, 4) is 0 Å². The molecular formula is C10H19NO4. The maximum absolute atomic E-state index is 11.1. The predicted octanol–water partition coefficient (Wildman–Crippen LogP) is 0.135.